The Kier molecular flexibility index (Phi) is 8.21. The molecule has 2 aromatic rings. The molecule has 0 saturated heterocycles. The number of nitrogens with zero attached hydrogens (tertiary/aromatic N) is 6. The van der Waals surface area contributed by atoms with E-state index in [4.69, 9.17) is 0 Å². The topological polar surface area (TPSA) is 52.7 Å². The van der Waals surface area contributed by atoms with Crippen molar-refractivity contribution in [3.8, 4) is 0 Å². The average molecular weight is 394 g/mol. The van der Waals surface area contributed by atoms with Crippen molar-refractivity contribution in [2.45, 2.75) is 20.8 Å². The number of quaternary nitrogens is 1. The van der Waals surface area contributed by atoms with Gasteiger partial charge >= 0.3 is 0 Å². The van der Waals surface area contributed by atoms with E-state index in [0.717, 1.165) is 46.8 Å². The third-order valence-electron chi connectivity index (χ3n) is 4.28. The van der Waals surface area contributed by atoms with Gasteiger partial charge in [-0.3, -0.25) is 0 Å². The first-order chi connectivity index (χ1) is 13.8. The van der Waals surface area contributed by atoms with Crippen LogP contribution in [0.2, 0.25) is 0 Å². The van der Waals surface area contributed by atoms with E-state index >= 15 is 0 Å². The van der Waals surface area contributed by atoms with E-state index in [9.17, 15) is 0 Å². The molecule has 0 aromatic heterocycles. The lowest BCUT2D eigenvalue weighted by molar-refractivity contribution is -0.868. The molecule has 0 amide bonds. The molecule has 0 fully saturated rings. The molecule has 0 aliphatic rings. The molecule has 154 valence electrons. The largest absolute Gasteiger partial charge is 0.366 e. The van der Waals surface area contributed by atoms with Crippen LogP contribution in [0, 0.1) is 0 Å². The second-order valence-corrected chi connectivity index (χ2v) is 8.19. The zero-order valence-electron chi connectivity index (χ0n) is 18.5. The van der Waals surface area contributed by atoms with Crippen molar-refractivity contribution in [1.29, 1.82) is 0 Å². The number of benzene rings is 2. The highest BCUT2D eigenvalue weighted by atomic mass is 15.3. The van der Waals surface area contributed by atoms with Gasteiger partial charge in [0.15, 0.2) is 0 Å². The first-order valence-electron chi connectivity index (χ1n) is 9.98. The molecule has 0 aliphatic heterocycles. The van der Waals surface area contributed by atoms with Crippen LogP contribution >= 0.6 is 0 Å². The summed E-state index contributed by atoms with van der Waals surface area (Å²) in [5, 5.41) is 16.7. The van der Waals surface area contributed by atoms with Gasteiger partial charge in [0.05, 0.1) is 51.8 Å². The van der Waals surface area contributed by atoms with Crippen LogP contribution in [-0.2, 0) is 0 Å². The summed E-state index contributed by atoms with van der Waals surface area (Å²) in [6.45, 7) is 9.13. The molecular weight excluding hydrogens is 360 g/mol. The number of hydrogen-bond acceptors (Lipinski definition) is 5. The van der Waals surface area contributed by atoms with E-state index in [0.29, 0.717) is 0 Å². The smallest absolute Gasteiger partial charge is 0.0958 e. The quantitative estimate of drug-likeness (QED) is 0.242. The lowest BCUT2D eigenvalue weighted by Gasteiger charge is -2.29. The van der Waals surface area contributed by atoms with Crippen LogP contribution in [0.5, 0.6) is 0 Å². The van der Waals surface area contributed by atoms with Crippen molar-refractivity contribution in [3.63, 3.8) is 0 Å². The van der Waals surface area contributed by atoms with Crippen molar-refractivity contribution in [1.82, 2.24) is 0 Å². The summed E-state index contributed by atoms with van der Waals surface area (Å²) in [5.74, 6) is 0. The molecule has 0 N–H and O–H groups in total. The van der Waals surface area contributed by atoms with E-state index in [1.165, 1.54) is 5.69 Å². The molecule has 0 aliphatic carbocycles. The molecule has 0 unspecified atom stereocenters. The predicted octanol–water partition coefficient (Wildman–Crippen LogP) is 5.45. The van der Waals surface area contributed by atoms with Gasteiger partial charge in [0.25, 0.3) is 0 Å². The minimum Gasteiger partial charge on any atom is -0.366 e. The summed E-state index contributed by atoms with van der Waals surface area (Å²) < 4.78 is 0.957. The highest BCUT2D eigenvalue weighted by Gasteiger charge is 2.11. The van der Waals surface area contributed by atoms with E-state index in [1.807, 2.05) is 50.2 Å². The van der Waals surface area contributed by atoms with Crippen LogP contribution in [0.15, 0.2) is 69.0 Å². The predicted molar refractivity (Wildman–Crippen MR) is 124 cm³/mol. The van der Waals surface area contributed by atoms with Gasteiger partial charge in [0, 0.05) is 17.9 Å². The average Bonchev–Trinajstić information content (AvgIpc) is 2.67. The van der Waals surface area contributed by atoms with E-state index < -0.39 is 0 Å². The second-order valence-electron chi connectivity index (χ2n) is 8.19. The summed E-state index contributed by atoms with van der Waals surface area (Å²) in [7, 11) is 6.66. The van der Waals surface area contributed by atoms with Gasteiger partial charge in [0.1, 0.15) is 0 Å². The van der Waals surface area contributed by atoms with E-state index in [2.05, 4.69) is 65.5 Å². The van der Waals surface area contributed by atoms with Crippen LogP contribution in [0.25, 0.3) is 0 Å². The summed E-state index contributed by atoms with van der Waals surface area (Å²) in [6.07, 6.45) is 1.73. The number of rotatable bonds is 9. The van der Waals surface area contributed by atoms with E-state index in [-0.39, 0.29) is 0 Å². The molecular formula is C23H33N6+. The molecule has 6 heteroatoms. The Labute approximate surface area is 174 Å². The zero-order chi connectivity index (χ0) is 21.3. The Morgan fingerprint density at radius 2 is 1.45 bits per heavy atom. The minimum absolute atomic E-state index is 0.805. The number of hydrogen-bond donors (Lipinski definition) is 0. The van der Waals surface area contributed by atoms with Crippen LogP contribution in [0.1, 0.15) is 26.3 Å². The Balaban J connectivity index is 1.99. The Bertz CT molecular complexity index is 838. The Morgan fingerprint density at radius 1 is 0.897 bits per heavy atom. The zero-order valence-corrected chi connectivity index (χ0v) is 18.5. The van der Waals surface area contributed by atoms with Crippen molar-refractivity contribution in [2.24, 2.45) is 20.4 Å². The maximum Gasteiger partial charge on any atom is 0.0958 e. The maximum atomic E-state index is 4.35. The van der Waals surface area contributed by atoms with Gasteiger partial charge in [-0.15, -0.1) is 0 Å². The first kappa shape index (κ1) is 22.4. The Morgan fingerprint density at radius 3 is 1.93 bits per heavy atom. The molecule has 0 heterocycles. The molecule has 2 rings (SSSR count). The van der Waals surface area contributed by atoms with Crippen molar-refractivity contribution < 1.29 is 4.48 Å². The second kappa shape index (κ2) is 10.6. The third-order valence-corrected chi connectivity index (χ3v) is 4.28. The first-order valence-corrected chi connectivity index (χ1v) is 9.98. The van der Waals surface area contributed by atoms with Crippen molar-refractivity contribution >= 4 is 29.0 Å². The number of likely N-dealkylation sites (N-methyl/N-ethyl adjacent to an activating group) is 2. The number of anilines is 1. The van der Waals surface area contributed by atoms with Crippen LogP contribution in [-0.4, -0.2) is 57.2 Å². The SMILES string of the molecule is CCN(CC[N+](C)(C)C)c1ccc(/N=N/c2ccc(/C=N/N=C(C)C)cc2)cc1. The van der Waals surface area contributed by atoms with Crippen LogP contribution in [0.3, 0.4) is 0 Å². The fourth-order valence-electron chi connectivity index (χ4n) is 2.57. The third kappa shape index (κ3) is 8.35. The van der Waals surface area contributed by atoms with Gasteiger partial charge in [-0.2, -0.15) is 20.4 Å². The molecule has 0 saturated carbocycles. The summed E-state index contributed by atoms with van der Waals surface area (Å²) >= 11 is 0. The lowest BCUT2D eigenvalue weighted by Crippen LogP contribution is -2.42. The highest BCUT2D eigenvalue weighted by Crippen LogP contribution is 2.22. The van der Waals surface area contributed by atoms with Gasteiger partial charge in [0.2, 0.25) is 0 Å². The number of azo groups is 1. The standard InChI is InChI=1S/C23H33N6/c1-7-28(16-17-29(4,5)6)23-14-12-22(13-15-23)27-26-21-10-8-20(9-11-21)18-24-25-19(2)3/h8-15,18H,7,16-17H2,1-6H3/q+1/b24-18+,27-26+. The van der Waals surface area contributed by atoms with Crippen molar-refractivity contribution in [2.75, 3.05) is 45.7 Å². The Hall–Kier alpha value is -2.86. The van der Waals surface area contributed by atoms with Gasteiger partial charge in [-0.05, 0) is 62.7 Å². The molecule has 0 radical (unpaired) electrons. The normalized spacial score (nSPS) is 11.9. The minimum atomic E-state index is 0.805. The molecule has 6 nitrogen and oxygen atoms in total. The van der Waals surface area contributed by atoms with Gasteiger partial charge < -0.3 is 9.38 Å². The summed E-state index contributed by atoms with van der Waals surface area (Å²) in [5.41, 5.74) is 4.77. The molecule has 0 spiro atoms. The molecule has 29 heavy (non-hydrogen) atoms. The molecule has 2 aromatic carbocycles. The molecule has 0 atom stereocenters. The highest BCUT2D eigenvalue weighted by molar-refractivity contribution is 5.83. The van der Waals surface area contributed by atoms with Crippen molar-refractivity contribution in [3.05, 3.63) is 54.1 Å². The lowest BCUT2D eigenvalue weighted by atomic mass is 10.2. The van der Waals surface area contributed by atoms with E-state index in [1.54, 1.807) is 6.21 Å². The summed E-state index contributed by atoms with van der Waals surface area (Å²) in [4.78, 5) is 2.38. The fourth-order valence-corrected chi connectivity index (χ4v) is 2.57. The van der Waals surface area contributed by atoms with Crippen LogP contribution < -0.4 is 4.90 Å². The molecule has 0 bridgehead atoms. The fraction of sp³-hybridized carbons (Fsp3) is 0.391. The maximum absolute atomic E-state index is 4.35. The van der Waals surface area contributed by atoms with Gasteiger partial charge in [-0.1, -0.05) is 12.1 Å². The van der Waals surface area contributed by atoms with Gasteiger partial charge in [-0.25, -0.2) is 0 Å². The monoisotopic (exact) mass is 393 g/mol. The van der Waals surface area contributed by atoms with Crippen LogP contribution in [0.4, 0.5) is 17.1 Å². The summed E-state index contributed by atoms with van der Waals surface area (Å²) in [6, 6.07) is 16.0.